The summed E-state index contributed by atoms with van der Waals surface area (Å²) in [7, 11) is 0. The lowest BCUT2D eigenvalue weighted by molar-refractivity contribution is 0.0894. The number of carbonyl (C=O) groups excluding carboxylic acids is 1. The molecule has 20 heavy (non-hydrogen) atoms. The average molecular weight is 311 g/mol. The highest BCUT2D eigenvalue weighted by molar-refractivity contribution is 6.42. The van der Waals surface area contributed by atoms with Crippen LogP contribution in [0.1, 0.15) is 43.0 Å². The summed E-state index contributed by atoms with van der Waals surface area (Å²) in [5.41, 5.74) is -0.331. The number of amides is 1. The SMILES string of the molecule is CC1CCC(C#N)(NC(=O)c2ccc(Cl)c(Cl)c2)CC1. The lowest BCUT2D eigenvalue weighted by Gasteiger charge is -2.34. The number of hydrogen-bond donors (Lipinski definition) is 1. The van der Waals surface area contributed by atoms with E-state index in [9.17, 15) is 10.1 Å². The lowest BCUT2D eigenvalue weighted by Crippen LogP contribution is -2.49. The van der Waals surface area contributed by atoms with Crippen LogP contribution in [0.25, 0.3) is 0 Å². The number of rotatable bonds is 2. The van der Waals surface area contributed by atoms with Crippen LogP contribution in [0.15, 0.2) is 18.2 Å². The van der Waals surface area contributed by atoms with Crippen molar-refractivity contribution >= 4 is 29.1 Å². The summed E-state index contributed by atoms with van der Waals surface area (Å²) >= 11 is 11.7. The van der Waals surface area contributed by atoms with Gasteiger partial charge in [0.05, 0.1) is 16.1 Å². The molecule has 1 aliphatic rings. The van der Waals surface area contributed by atoms with E-state index in [0.29, 0.717) is 34.4 Å². The molecule has 0 bridgehead atoms. The van der Waals surface area contributed by atoms with Gasteiger partial charge in [0.15, 0.2) is 0 Å². The van der Waals surface area contributed by atoms with Gasteiger partial charge in [-0.2, -0.15) is 5.26 Å². The van der Waals surface area contributed by atoms with Gasteiger partial charge in [-0.05, 0) is 49.8 Å². The molecule has 0 aliphatic heterocycles. The minimum Gasteiger partial charge on any atom is -0.334 e. The van der Waals surface area contributed by atoms with Crippen molar-refractivity contribution in [1.82, 2.24) is 5.32 Å². The maximum Gasteiger partial charge on any atom is 0.252 e. The van der Waals surface area contributed by atoms with Crippen LogP contribution in [0.3, 0.4) is 0 Å². The van der Waals surface area contributed by atoms with E-state index in [2.05, 4.69) is 18.3 Å². The number of nitrogens with zero attached hydrogens (tertiary/aromatic N) is 1. The van der Waals surface area contributed by atoms with Gasteiger partial charge in [0.1, 0.15) is 5.54 Å². The average Bonchev–Trinajstić information content (AvgIpc) is 2.44. The molecule has 1 fully saturated rings. The molecule has 0 radical (unpaired) electrons. The van der Waals surface area contributed by atoms with E-state index in [4.69, 9.17) is 23.2 Å². The van der Waals surface area contributed by atoms with Crippen molar-refractivity contribution in [2.45, 2.75) is 38.1 Å². The normalized spacial score (nSPS) is 25.8. The van der Waals surface area contributed by atoms with Crippen molar-refractivity contribution in [1.29, 1.82) is 5.26 Å². The van der Waals surface area contributed by atoms with Crippen LogP contribution >= 0.6 is 23.2 Å². The zero-order valence-corrected chi connectivity index (χ0v) is 12.8. The van der Waals surface area contributed by atoms with E-state index < -0.39 is 5.54 Å². The zero-order chi connectivity index (χ0) is 14.8. The topological polar surface area (TPSA) is 52.9 Å². The third-order valence-electron chi connectivity index (χ3n) is 3.88. The number of halogens is 2. The van der Waals surface area contributed by atoms with Crippen LogP contribution in [0.4, 0.5) is 0 Å². The molecular weight excluding hydrogens is 295 g/mol. The number of nitriles is 1. The van der Waals surface area contributed by atoms with Gasteiger partial charge in [-0.3, -0.25) is 4.79 Å². The number of hydrogen-bond acceptors (Lipinski definition) is 2. The molecule has 1 saturated carbocycles. The molecule has 0 unspecified atom stereocenters. The van der Waals surface area contributed by atoms with Crippen LogP contribution in [0.5, 0.6) is 0 Å². The highest BCUT2D eigenvalue weighted by Crippen LogP contribution is 2.32. The van der Waals surface area contributed by atoms with E-state index in [0.717, 1.165) is 12.8 Å². The molecule has 2 rings (SSSR count). The van der Waals surface area contributed by atoms with Crippen molar-refractivity contribution in [3.8, 4) is 6.07 Å². The third-order valence-corrected chi connectivity index (χ3v) is 4.62. The molecule has 0 aromatic heterocycles. The van der Waals surface area contributed by atoms with E-state index in [1.165, 1.54) is 6.07 Å². The summed E-state index contributed by atoms with van der Waals surface area (Å²) in [4.78, 5) is 12.3. The van der Waals surface area contributed by atoms with Gasteiger partial charge in [0, 0.05) is 5.56 Å². The second kappa shape index (κ2) is 6.03. The minimum absolute atomic E-state index is 0.278. The maximum atomic E-state index is 12.3. The van der Waals surface area contributed by atoms with Gasteiger partial charge in [-0.25, -0.2) is 0 Å². The predicted octanol–water partition coefficient (Wildman–Crippen LogP) is 4.20. The molecule has 1 amide bonds. The van der Waals surface area contributed by atoms with Crippen molar-refractivity contribution in [3.05, 3.63) is 33.8 Å². The second-order valence-electron chi connectivity index (χ2n) is 5.46. The Morgan fingerprint density at radius 3 is 2.55 bits per heavy atom. The van der Waals surface area contributed by atoms with Gasteiger partial charge in [0.2, 0.25) is 0 Å². The maximum absolute atomic E-state index is 12.3. The molecule has 1 aromatic carbocycles. The summed E-state index contributed by atoms with van der Waals surface area (Å²) in [5.74, 6) is 0.332. The Morgan fingerprint density at radius 1 is 1.35 bits per heavy atom. The number of carbonyl (C=O) groups is 1. The molecule has 1 aromatic rings. The Bertz CT molecular complexity index is 557. The summed E-state index contributed by atoms with van der Waals surface area (Å²) in [6.07, 6.45) is 3.29. The van der Waals surface area contributed by atoms with E-state index in [-0.39, 0.29) is 5.91 Å². The smallest absolute Gasteiger partial charge is 0.252 e. The Morgan fingerprint density at radius 2 is 2.00 bits per heavy atom. The fourth-order valence-corrected chi connectivity index (χ4v) is 2.74. The Hall–Kier alpha value is -1.24. The van der Waals surface area contributed by atoms with Crippen LogP contribution in [0, 0.1) is 17.2 Å². The molecule has 0 heterocycles. The van der Waals surface area contributed by atoms with Gasteiger partial charge in [0.25, 0.3) is 5.91 Å². The molecule has 0 atom stereocenters. The summed E-state index contributed by atoms with van der Waals surface area (Å²) in [6.45, 7) is 2.17. The molecule has 106 valence electrons. The van der Waals surface area contributed by atoms with Crippen molar-refractivity contribution in [2.24, 2.45) is 5.92 Å². The standard InChI is InChI=1S/C15H16Cl2N2O/c1-10-4-6-15(9-18,7-5-10)19-14(20)11-2-3-12(16)13(17)8-11/h2-3,8,10H,4-7H2,1H3,(H,19,20). The molecule has 1 N–H and O–H groups in total. The van der Waals surface area contributed by atoms with Gasteiger partial charge >= 0.3 is 0 Å². The predicted molar refractivity (Wildman–Crippen MR) is 79.9 cm³/mol. The summed E-state index contributed by atoms with van der Waals surface area (Å²) in [6, 6.07) is 6.99. The van der Waals surface area contributed by atoms with E-state index in [1.54, 1.807) is 12.1 Å². The van der Waals surface area contributed by atoms with Crippen molar-refractivity contribution in [2.75, 3.05) is 0 Å². The van der Waals surface area contributed by atoms with Gasteiger partial charge in [-0.15, -0.1) is 0 Å². The van der Waals surface area contributed by atoms with Gasteiger partial charge in [-0.1, -0.05) is 30.1 Å². The molecule has 0 saturated heterocycles. The fraction of sp³-hybridized carbons (Fsp3) is 0.467. The van der Waals surface area contributed by atoms with Gasteiger partial charge < -0.3 is 5.32 Å². The Balaban J connectivity index is 2.13. The first kappa shape index (κ1) is 15.2. The second-order valence-corrected chi connectivity index (χ2v) is 6.27. The largest absolute Gasteiger partial charge is 0.334 e. The zero-order valence-electron chi connectivity index (χ0n) is 11.2. The van der Waals surface area contributed by atoms with Crippen LogP contribution < -0.4 is 5.32 Å². The van der Waals surface area contributed by atoms with Crippen LogP contribution in [-0.4, -0.2) is 11.4 Å². The van der Waals surface area contributed by atoms with Crippen molar-refractivity contribution in [3.63, 3.8) is 0 Å². The first-order chi connectivity index (χ1) is 9.46. The van der Waals surface area contributed by atoms with Crippen LogP contribution in [0.2, 0.25) is 10.0 Å². The van der Waals surface area contributed by atoms with Crippen LogP contribution in [-0.2, 0) is 0 Å². The van der Waals surface area contributed by atoms with E-state index in [1.807, 2.05) is 0 Å². The molecule has 1 aliphatic carbocycles. The molecule has 0 spiro atoms. The number of nitrogens with one attached hydrogen (secondary N) is 1. The Kier molecular flexibility index (Phi) is 4.57. The highest BCUT2D eigenvalue weighted by atomic mass is 35.5. The number of benzene rings is 1. The van der Waals surface area contributed by atoms with Crippen molar-refractivity contribution < 1.29 is 4.79 Å². The lowest BCUT2D eigenvalue weighted by atomic mass is 9.78. The highest BCUT2D eigenvalue weighted by Gasteiger charge is 2.35. The first-order valence-corrected chi connectivity index (χ1v) is 7.40. The molecule has 3 nitrogen and oxygen atoms in total. The Labute approximate surface area is 128 Å². The minimum atomic E-state index is -0.754. The summed E-state index contributed by atoms with van der Waals surface area (Å²) < 4.78 is 0. The quantitative estimate of drug-likeness (QED) is 0.890. The molecule has 5 heteroatoms. The van der Waals surface area contributed by atoms with E-state index >= 15 is 0 Å². The molecular formula is C15H16Cl2N2O. The third kappa shape index (κ3) is 3.26. The first-order valence-electron chi connectivity index (χ1n) is 6.64. The fourth-order valence-electron chi connectivity index (χ4n) is 2.45. The summed E-state index contributed by atoms with van der Waals surface area (Å²) in [5, 5.41) is 13.0. The monoisotopic (exact) mass is 310 g/mol.